The van der Waals surface area contributed by atoms with Crippen LogP contribution in [0.25, 0.3) is 0 Å². The van der Waals surface area contributed by atoms with Gasteiger partial charge in [-0.1, -0.05) is 11.6 Å². The number of benzene rings is 2. The smallest absolute Gasteiger partial charge is 0.257 e. The van der Waals surface area contributed by atoms with Crippen LogP contribution in [0.1, 0.15) is 16.1 Å². The van der Waals surface area contributed by atoms with Gasteiger partial charge in [0.15, 0.2) is 5.13 Å². The second-order valence-electron chi connectivity index (χ2n) is 5.34. The van der Waals surface area contributed by atoms with Crippen LogP contribution in [0.3, 0.4) is 0 Å². The molecule has 0 saturated heterocycles. The first kappa shape index (κ1) is 18.0. The summed E-state index contributed by atoms with van der Waals surface area (Å²) < 4.78 is 12.9. The minimum absolute atomic E-state index is 0.0749. The topological polar surface area (TPSA) is 71.1 Å². The molecule has 2 aromatic carbocycles. The summed E-state index contributed by atoms with van der Waals surface area (Å²) in [5.74, 6) is -1.03. The van der Waals surface area contributed by atoms with Gasteiger partial charge >= 0.3 is 0 Å². The van der Waals surface area contributed by atoms with E-state index in [2.05, 4.69) is 15.6 Å². The van der Waals surface area contributed by atoms with E-state index in [9.17, 15) is 14.0 Å². The van der Waals surface area contributed by atoms with Crippen molar-refractivity contribution in [3.8, 4) is 0 Å². The number of aromatic nitrogens is 1. The van der Waals surface area contributed by atoms with Crippen molar-refractivity contribution in [2.24, 2.45) is 0 Å². The molecule has 0 spiro atoms. The van der Waals surface area contributed by atoms with Gasteiger partial charge in [0.25, 0.3) is 5.91 Å². The standard InChI is InChI=1S/C18H13ClFN3O2S/c19-12-3-7-14(8-4-12)21-16(24)9-15-10-26-18(22-15)23-17(25)11-1-5-13(20)6-2-11/h1-8,10H,9H2,(H,21,24)(H,22,23,25). The zero-order chi connectivity index (χ0) is 18.5. The van der Waals surface area contributed by atoms with Gasteiger partial charge in [-0.3, -0.25) is 14.9 Å². The summed E-state index contributed by atoms with van der Waals surface area (Å²) in [7, 11) is 0. The zero-order valence-electron chi connectivity index (χ0n) is 13.3. The number of amides is 2. The monoisotopic (exact) mass is 389 g/mol. The third-order valence-electron chi connectivity index (χ3n) is 3.35. The molecule has 3 rings (SSSR count). The molecule has 2 amide bonds. The molecule has 0 saturated carbocycles. The van der Waals surface area contributed by atoms with Crippen LogP contribution in [0.2, 0.25) is 5.02 Å². The summed E-state index contributed by atoms with van der Waals surface area (Å²) in [5.41, 5.74) is 1.50. The van der Waals surface area contributed by atoms with Crippen molar-refractivity contribution in [1.82, 2.24) is 4.98 Å². The molecule has 1 heterocycles. The van der Waals surface area contributed by atoms with E-state index in [1.54, 1.807) is 29.6 Å². The van der Waals surface area contributed by atoms with Crippen LogP contribution in [0.15, 0.2) is 53.9 Å². The first-order valence-corrected chi connectivity index (χ1v) is 8.82. The van der Waals surface area contributed by atoms with Gasteiger partial charge in [0.1, 0.15) is 5.82 Å². The highest BCUT2D eigenvalue weighted by atomic mass is 35.5. The summed E-state index contributed by atoms with van der Waals surface area (Å²) >= 11 is 7.01. The summed E-state index contributed by atoms with van der Waals surface area (Å²) in [6.45, 7) is 0. The van der Waals surface area contributed by atoms with Crippen LogP contribution >= 0.6 is 22.9 Å². The highest BCUT2D eigenvalue weighted by Crippen LogP contribution is 2.18. The number of nitrogens with one attached hydrogen (secondary N) is 2. The molecule has 2 N–H and O–H groups in total. The van der Waals surface area contributed by atoms with Crippen LogP contribution in [-0.4, -0.2) is 16.8 Å². The third kappa shape index (κ3) is 4.87. The lowest BCUT2D eigenvalue weighted by Crippen LogP contribution is -2.15. The highest BCUT2D eigenvalue weighted by Gasteiger charge is 2.11. The van der Waals surface area contributed by atoms with E-state index in [4.69, 9.17) is 11.6 Å². The maximum absolute atomic E-state index is 12.9. The Morgan fingerprint density at radius 3 is 2.42 bits per heavy atom. The first-order chi connectivity index (χ1) is 12.5. The fourth-order valence-corrected chi connectivity index (χ4v) is 2.95. The minimum Gasteiger partial charge on any atom is -0.326 e. The Kier molecular flexibility index (Phi) is 5.60. The Balaban J connectivity index is 1.57. The molecular formula is C18H13ClFN3O2S. The number of carbonyl (C=O) groups is 2. The van der Waals surface area contributed by atoms with E-state index in [1.165, 1.54) is 35.6 Å². The highest BCUT2D eigenvalue weighted by molar-refractivity contribution is 7.14. The largest absolute Gasteiger partial charge is 0.326 e. The zero-order valence-corrected chi connectivity index (χ0v) is 14.9. The SMILES string of the molecule is O=C(Cc1csc(NC(=O)c2ccc(F)cc2)n1)Nc1ccc(Cl)cc1. The molecule has 1 aromatic heterocycles. The van der Waals surface area contributed by atoms with Crippen molar-refractivity contribution in [3.63, 3.8) is 0 Å². The molecule has 132 valence electrons. The second-order valence-corrected chi connectivity index (χ2v) is 6.63. The van der Waals surface area contributed by atoms with Gasteiger partial charge in [-0.2, -0.15) is 0 Å². The number of hydrogen-bond donors (Lipinski definition) is 2. The van der Waals surface area contributed by atoms with Gasteiger partial charge in [-0.15, -0.1) is 11.3 Å². The van der Waals surface area contributed by atoms with Crippen LogP contribution in [0.5, 0.6) is 0 Å². The predicted molar refractivity (Wildman–Crippen MR) is 100 cm³/mol. The average Bonchev–Trinajstić information content (AvgIpc) is 3.04. The Morgan fingerprint density at radius 2 is 1.73 bits per heavy atom. The van der Waals surface area contributed by atoms with Crippen LogP contribution in [-0.2, 0) is 11.2 Å². The van der Waals surface area contributed by atoms with Crippen molar-refractivity contribution in [2.75, 3.05) is 10.6 Å². The van der Waals surface area contributed by atoms with Crippen LogP contribution < -0.4 is 10.6 Å². The van der Waals surface area contributed by atoms with E-state index in [1.807, 2.05) is 0 Å². The molecule has 0 fully saturated rings. The van der Waals surface area contributed by atoms with Crippen molar-refractivity contribution >= 4 is 45.6 Å². The van der Waals surface area contributed by atoms with E-state index < -0.39 is 11.7 Å². The van der Waals surface area contributed by atoms with Crippen molar-refractivity contribution in [3.05, 3.63) is 76.0 Å². The van der Waals surface area contributed by atoms with Crippen molar-refractivity contribution in [1.29, 1.82) is 0 Å². The molecule has 0 aliphatic heterocycles. The molecule has 3 aromatic rings. The number of halogens is 2. The van der Waals surface area contributed by atoms with Crippen molar-refractivity contribution < 1.29 is 14.0 Å². The lowest BCUT2D eigenvalue weighted by molar-refractivity contribution is -0.115. The Morgan fingerprint density at radius 1 is 1.04 bits per heavy atom. The summed E-state index contributed by atoms with van der Waals surface area (Å²) in [6, 6.07) is 12.0. The fourth-order valence-electron chi connectivity index (χ4n) is 2.12. The molecule has 0 aliphatic carbocycles. The second kappa shape index (κ2) is 8.07. The van der Waals surface area contributed by atoms with Gasteiger partial charge in [0.05, 0.1) is 12.1 Å². The van der Waals surface area contributed by atoms with E-state index in [0.29, 0.717) is 27.1 Å². The number of carbonyl (C=O) groups excluding carboxylic acids is 2. The number of rotatable bonds is 5. The molecule has 0 bridgehead atoms. The third-order valence-corrected chi connectivity index (χ3v) is 4.41. The van der Waals surface area contributed by atoms with E-state index in [-0.39, 0.29) is 12.3 Å². The normalized spacial score (nSPS) is 10.4. The Hall–Kier alpha value is -2.77. The summed E-state index contributed by atoms with van der Waals surface area (Å²) in [6.07, 6.45) is 0.0749. The predicted octanol–water partition coefficient (Wildman–Crippen LogP) is 4.37. The van der Waals surface area contributed by atoms with Gasteiger partial charge in [-0.05, 0) is 48.5 Å². The van der Waals surface area contributed by atoms with Gasteiger partial charge in [-0.25, -0.2) is 9.37 Å². The number of anilines is 2. The van der Waals surface area contributed by atoms with Gasteiger partial charge in [0, 0.05) is 21.7 Å². The fraction of sp³-hybridized carbons (Fsp3) is 0.0556. The lowest BCUT2D eigenvalue weighted by Gasteiger charge is -2.04. The molecule has 26 heavy (non-hydrogen) atoms. The van der Waals surface area contributed by atoms with Gasteiger partial charge in [0.2, 0.25) is 5.91 Å². The van der Waals surface area contributed by atoms with E-state index >= 15 is 0 Å². The molecular weight excluding hydrogens is 377 g/mol. The van der Waals surface area contributed by atoms with Crippen LogP contribution in [0.4, 0.5) is 15.2 Å². The quantitative estimate of drug-likeness (QED) is 0.680. The van der Waals surface area contributed by atoms with Crippen LogP contribution in [0, 0.1) is 5.82 Å². The number of nitrogens with zero attached hydrogens (tertiary/aromatic N) is 1. The molecule has 0 unspecified atom stereocenters. The Labute approximate surface area is 157 Å². The number of hydrogen-bond acceptors (Lipinski definition) is 4. The summed E-state index contributed by atoms with van der Waals surface area (Å²) in [4.78, 5) is 28.3. The first-order valence-electron chi connectivity index (χ1n) is 7.56. The maximum atomic E-state index is 12.9. The average molecular weight is 390 g/mol. The molecule has 0 aliphatic rings. The lowest BCUT2D eigenvalue weighted by atomic mass is 10.2. The Bertz CT molecular complexity index is 926. The van der Waals surface area contributed by atoms with Gasteiger partial charge < -0.3 is 5.32 Å². The molecule has 0 atom stereocenters. The summed E-state index contributed by atoms with van der Waals surface area (Å²) in [5, 5.41) is 8.02. The maximum Gasteiger partial charge on any atom is 0.257 e. The number of thiazole rings is 1. The molecule has 0 radical (unpaired) electrons. The van der Waals surface area contributed by atoms with Crippen molar-refractivity contribution in [2.45, 2.75) is 6.42 Å². The van der Waals surface area contributed by atoms with E-state index in [0.717, 1.165) is 0 Å². The molecule has 8 heteroatoms. The molecule has 5 nitrogen and oxygen atoms in total. The minimum atomic E-state index is -0.412.